The van der Waals surface area contributed by atoms with Gasteiger partial charge in [0.15, 0.2) is 6.61 Å². The molecule has 0 spiro atoms. The van der Waals surface area contributed by atoms with E-state index < -0.39 is 23.4 Å². The van der Waals surface area contributed by atoms with Crippen molar-refractivity contribution in [3.05, 3.63) is 69.8 Å². The summed E-state index contributed by atoms with van der Waals surface area (Å²) in [4.78, 5) is 34.9. The Morgan fingerprint density at radius 3 is 2.57 bits per heavy atom. The van der Waals surface area contributed by atoms with E-state index in [9.17, 15) is 19.7 Å². The molecule has 0 bridgehead atoms. The van der Waals surface area contributed by atoms with Crippen LogP contribution in [-0.2, 0) is 9.53 Å². The summed E-state index contributed by atoms with van der Waals surface area (Å²) in [6.07, 6.45) is 1.94. The number of nitro benzene ring substituents is 1. The standard InChI is InChI=1S/C20H21N3O5/c1-13(14-5-3-2-4-6-14)21-19(24)12-28-20(25)15-7-10-17(22-16-8-9-16)18(11-15)23(26)27/h2-7,10-11,13,16,22H,8-9,12H2,1H3,(H,21,24). The maximum Gasteiger partial charge on any atom is 0.338 e. The highest BCUT2D eigenvalue weighted by atomic mass is 16.6. The average molecular weight is 383 g/mol. The number of anilines is 1. The molecular formula is C20H21N3O5. The van der Waals surface area contributed by atoms with E-state index in [1.165, 1.54) is 12.1 Å². The number of carbonyl (C=O) groups excluding carboxylic acids is 2. The molecule has 1 unspecified atom stereocenters. The number of carbonyl (C=O) groups is 2. The van der Waals surface area contributed by atoms with Crippen LogP contribution in [-0.4, -0.2) is 29.4 Å². The van der Waals surface area contributed by atoms with Crippen LogP contribution in [0.5, 0.6) is 0 Å². The van der Waals surface area contributed by atoms with Crippen LogP contribution >= 0.6 is 0 Å². The Morgan fingerprint density at radius 1 is 1.21 bits per heavy atom. The molecule has 8 heteroatoms. The fraction of sp³-hybridized carbons (Fsp3) is 0.300. The minimum Gasteiger partial charge on any atom is -0.452 e. The molecule has 0 saturated heterocycles. The van der Waals surface area contributed by atoms with E-state index >= 15 is 0 Å². The molecule has 1 saturated carbocycles. The van der Waals surface area contributed by atoms with E-state index in [4.69, 9.17) is 4.74 Å². The van der Waals surface area contributed by atoms with Crippen LogP contribution in [0.3, 0.4) is 0 Å². The van der Waals surface area contributed by atoms with Crippen molar-refractivity contribution in [1.82, 2.24) is 5.32 Å². The summed E-state index contributed by atoms with van der Waals surface area (Å²) in [7, 11) is 0. The summed E-state index contributed by atoms with van der Waals surface area (Å²) in [6.45, 7) is 1.36. The number of hydrogen-bond donors (Lipinski definition) is 2. The largest absolute Gasteiger partial charge is 0.452 e. The molecule has 0 heterocycles. The van der Waals surface area contributed by atoms with Crippen LogP contribution in [0.4, 0.5) is 11.4 Å². The number of amides is 1. The van der Waals surface area contributed by atoms with Crippen molar-refractivity contribution < 1.29 is 19.2 Å². The maximum absolute atomic E-state index is 12.2. The van der Waals surface area contributed by atoms with E-state index in [0.717, 1.165) is 24.5 Å². The normalized spacial score (nSPS) is 14.0. The lowest BCUT2D eigenvalue weighted by Gasteiger charge is -2.14. The van der Waals surface area contributed by atoms with Crippen molar-refractivity contribution >= 4 is 23.3 Å². The van der Waals surface area contributed by atoms with Crippen LogP contribution in [0, 0.1) is 10.1 Å². The topological polar surface area (TPSA) is 111 Å². The number of nitro groups is 1. The van der Waals surface area contributed by atoms with Crippen molar-refractivity contribution in [3.63, 3.8) is 0 Å². The predicted octanol–water partition coefficient (Wildman–Crippen LogP) is 3.20. The molecule has 28 heavy (non-hydrogen) atoms. The van der Waals surface area contributed by atoms with E-state index in [2.05, 4.69) is 10.6 Å². The fourth-order valence-corrected chi connectivity index (χ4v) is 2.70. The molecule has 0 aromatic heterocycles. The second-order valence-corrected chi connectivity index (χ2v) is 6.68. The zero-order chi connectivity index (χ0) is 20.1. The van der Waals surface area contributed by atoms with Gasteiger partial charge in [0.05, 0.1) is 16.5 Å². The molecule has 1 aliphatic carbocycles. The second kappa shape index (κ2) is 8.51. The minimum atomic E-state index is -0.788. The Labute approximate surface area is 162 Å². The van der Waals surface area contributed by atoms with Gasteiger partial charge in [-0.3, -0.25) is 14.9 Å². The average Bonchev–Trinajstić information content (AvgIpc) is 3.51. The van der Waals surface area contributed by atoms with E-state index in [0.29, 0.717) is 5.69 Å². The second-order valence-electron chi connectivity index (χ2n) is 6.68. The molecule has 1 fully saturated rings. The minimum absolute atomic E-state index is 0.0250. The zero-order valence-electron chi connectivity index (χ0n) is 15.4. The number of nitrogens with zero attached hydrogens (tertiary/aromatic N) is 1. The van der Waals surface area contributed by atoms with Gasteiger partial charge in [-0.05, 0) is 37.5 Å². The Bertz CT molecular complexity index is 881. The summed E-state index contributed by atoms with van der Waals surface area (Å²) in [6, 6.07) is 13.5. The molecule has 0 aliphatic heterocycles. The van der Waals surface area contributed by atoms with Gasteiger partial charge in [0.25, 0.3) is 11.6 Å². The van der Waals surface area contributed by atoms with Gasteiger partial charge in [0.1, 0.15) is 5.69 Å². The highest BCUT2D eigenvalue weighted by Crippen LogP contribution is 2.31. The first-order valence-corrected chi connectivity index (χ1v) is 9.00. The fourth-order valence-electron chi connectivity index (χ4n) is 2.70. The number of nitrogens with one attached hydrogen (secondary N) is 2. The molecule has 2 N–H and O–H groups in total. The van der Waals surface area contributed by atoms with Crippen molar-refractivity contribution in [2.24, 2.45) is 0 Å². The molecule has 2 aromatic carbocycles. The van der Waals surface area contributed by atoms with Gasteiger partial charge in [0.2, 0.25) is 0 Å². The molecular weight excluding hydrogens is 362 g/mol. The molecule has 1 aliphatic rings. The first-order chi connectivity index (χ1) is 13.4. The monoisotopic (exact) mass is 383 g/mol. The van der Waals surface area contributed by atoms with E-state index in [1.54, 1.807) is 0 Å². The lowest BCUT2D eigenvalue weighted by atomic mass is 10.1. The van der Waals surface area contributed by atoms with E-state index in [1.807, 2.05) is 37.3 Å². The highest BCUT2D eigenvalue weighted by Gasteiger charge is 2.26. The number of esters is 1. The Balaban J connectivity index is 1.57. The summed E-state index contributed by atoms with van der Waals surface area (Å²) in [5.74, 6) is -1.24. The SMILES string of the molecule is CC(NC(=O)COC(=O)c1ccc(NC2CC2)c([N+](=O)[O-])c1)c1ccccc1. The van der Waals surface area contributed by atoms with Crippen molar-refractivity contribution in [1.29, 1.82) is 0 Å². The third-order valence-electron chi connectivity index (χ3n) is 4.38. The van der Waals surface area contributed by atoms with Gasteiger partial charge in [-0.15, -0.1) is 0 Å². The quantitative estimate of drug-likeness (QED) is 0.411. The molecule has 1 amide bonds. The molecule has 146 valence electrons. The molecule has 2 aromatic rings. The van der Waals surface area contributed by atoms with Crippen LogP contribution in [0.15, 0.2) is 48.5 Å². The third-order valence-corrected chi connectivity index (χ3v) is 4.38. The first-order valence-electron chi connectivity index (χ1n) is 9.00. The number of ether oxygens (including phenoxy) is 1. The predicted molar refractivity (Wildman–Crippen MR) is 103 cm³/mol. The van der Waals surface area contributed by atoms with Gasteiger partial charge >= 0.3 is 5.97 Å². The molecule has 1 atom stereocenters. The number of rotatable bonds is 8. The summed E-state index contributed by atoms with van der Waals surface area (Å²) in [5.41, 5.74) is 1.13. The molecule has 0 radical (unpaired) electrons. The van der Waals surface area contributed by atoms with Gasteiger partial charge in [0, 0.05) is 12.1 Å². The van der Waals surface area contributed by atoms with Crippen LogP contribution in [0.2, 0.25) is 0 Å². The smallest absolute Gasteiger partial charge is 0.338 e. The summed E-state index contributed by atoms with van der Waals surface area (Å²) in [5, 5.41) is 17.1. The molecule has 8 nitrogen and oxygen atoms in total. The van der Waals surface area contributed by atoms with Crippen LogP contribution < -0.4 is 10.6 Å². The Kier molecular flexibility index (Phi) is 5.88. The van der Waals surface area contributed by atoms with E-state index in [-0.39, 0.29) is 23.3 Å². The van der Waals surface area contributed by atoms with Gasteiger partial charge in [-0.2, -0.15) is 0 Å². The van der Waals surface area contributed by atoms with Crippen molar-refractivity contribution in [2.75, 3.05) is 11.9 Å². The number of hydrogen-bond acceptors (Lipinski definition) is 6. The lowest BCUT2D eigenvalue weighted by Crippen LogP contribution is -2.31. The van der Waals surface area contributed by atoms with Crippen molar-refractivity contribution in [2.45, 2.75) is 31.8 Å². The summed E-state index contributed by atoms with van der Waals surface area (Å²) >= 11 is 0. The maximum atomic E-state index is 12.2. The van der Waals surface area contributed by atoms with Crippen molar-refractivity contribution in [3.8, 4) is 0 Å². The zero-order valence-corrected chi connectivity index (χ0v) is 15.4. The Morgan fingerprint density at radius 2 is 1.93 bits per heavy atom. The highest BCUT2D eigenvalue weighted by molar-refractivity contribution is 5.93. The van der Waals surface area contributed by atoms with Gasteiger partial charge < -0.3 is 15.4 Å². The summed E-state index contributed by atoms with van der Waals surface area (Å²) < 4.78 is 5.00. The number of benzene rings is 2. The third kappa shape index (κ3) is 5.06. The Hall–Kier alpha value is -3.42. The van der Waals surface area contributed by atoms with Crippen LogP contribution in [0.1, 0.15) is 41.7 Å². The van der Waals surface area contributed by atoms with Crippen LogP contribution in [0.25, 0.3) is 0 Å². The van der Waals surface area contributed by atoms with Gasteiger partial charge in [-0.1, -0.05) is 30.3 Å². The lowest BCUT2D eigenvalue weighted by molar-refractivity contribution is -0.384. The van der Waals surface area contributed by atoms with Gasteiger partial charge in [-0.25, -0.2) is 4.79 Å². The first kappa shape index (κ1) is 19.3. The molecule has 3 rings (SSSR count).